The van der Waals surface area contributed by atoms with E-state index in [4.69, 9.17) is 4.74 Å². The van der Waals surface area contributed by atoms with Crippen LogP contribution in [0.15, 0.2) is 18.2 Å². The second-order valence-corrected chi connectivity index (χ2v) is 5.77. The topological polar surface area (TPSA) is 79.1 Å². The number of hydrogen-bond donors (Lipinski definition) is 1. The highest BCUT2D eigenvalue weighted by Crippen LogP contribution is 2.22. The molecule has 2 rings (SSSR count). The smallest absolute Gasteiger partial charge is 0.272 e. The lowest BCUT2D eigenvalue weighted by molar-refractivity contribution is -0.385. The maximum Gasteiger partial charge on any atom is 0.272 e. The van der Waals surface area contributed by atoms with Gasteiger partial charge in [-0.15, -0.1) is 0 Å². The summed E-state index contributed by atoms with van der Waals surface area (Å²) >= 11 is 0. The summed E-state index contributed by atoms with van der Waals surface area (Å²) in [5.74, 6) is 0. The van der Waals surface area contributed by atoms with Crippen LogP contribution in [-0.4, -0.2) is 72.4 Å². The van der Waals surface area contributed by atoms with Crippen molar-refractivity contribution >= 4 is 5.69 Å². The summed E-state index contributed by atoms with van der Waals surface area (Å²) in [6.45, 7) is 8.17. The summed E-state index contributed by atoms with van der Waals surface area (Å²) in [6.07, 6.45) is 0. The van der Waals surface area contributed by atoms with Crippen molar-refractivity contribution in [3.63, 3.8) is 0 Å². The molecule has 1 heterocycles. The molecular weight excluding hydrogens is 298 g/mol. The van der Waals surface area contributed by atoms with Crippen molar-refractivity contribution < 1.29 is 14.8 Å². The van der Waals surface area contributed by atoms with Crippen molar-refractivity contribution in [2.75, 3.05) is 52.5 Å². The Morgan fingerprint density at radius 3 is 2.74 bits per heavy atom. The summed E-state index contributed by atoms with van der Waals surface area (Å²) < 4.78 is 5.34. The van der Waals surface area contributed by atoms with E-state index in [0.29, 0.717) is 18.7 Å². The highest BCUT2D eigenvalue weighted by molar-refractivity contribution is 5.44. The van der Waals surface area contributed by atoms with Gasteiger partial charge in [-0.3, -0.25) is 19.9 Å². The van der Waals surface area contributed by atoms with Crippen molar-refractivity contribution in [2.24, 2.45) is 0 Å². The summed E-state index contributed by atoms with van der Waals surface area (Å²) in [4.78, 5) is 15.2. The fourth-order valence-corrected chi connectivity index (χ4v) is 2.80. The molecule has 0 unspecified atom stereocenters. The molecule has 0 atom stereocenters. The van der Waals surface area contributed by atoms with Gasteiger partial charge in [0.2, 0.25) is 0 Å². The Bertz CT molecular complexity index is 518. The van der Waals surface area contributed by atoms with Gasteiger partial charge in [-0.1, -0.05) is 12.1 Å². The average molecular weight is 323 g/mol. The van der Waals surface area contributed by atoms with Gasteiger partial charge >= 0.3 is 0 Å². The molecule has 7 nitrogen and oxygen atoms in total. The number of nitro benzene ring substituents is 1. The van der Waals surface area contributed by atoms with Crippen LogP contribution >= 0.6 is 0 Å². The van der Waals surface area contributed by atoms with Crippen LogP contribution in [0.25, 0.3) is 0 Å². The molecule has 1 saturated heterocycles. The monoisotopic (exact) mass is 323 g/mol. The molecule has 0 radical (unpaired) electrons. The Morgan fingerprint density at radius 1 is 1.35 bits per heavy atom. The molecule has 7 heteroatoms. The van der Waals surface area contributed by atoms with Gasteiger partial charge in [-0.2, -0.15) is 0 Å². The molecule has 23 heavy (non-hydrogen) atoms. The standard InChI is InChI=1S/C16H25N3O4/c1-14-15(3-2-4-16(14)19(21)22)13-18(7-10-20)6-5-17-8-11-23-12-9-17/h2-4,20H,5-13H2,1H3. The first-order valence-corrected chi connectivity index (χ1v) is 7.98. The van der Waals surface area contributed by atoms with Crippen molar-refractivity contribution in [1.82, 2.24) is 9.80 Å². The Hall–Kier alpha value is -1.54. The second kappa shape index (κ2) is 8.93. The van der Waals surface area contributed by atoms with E-state index in [2.05, 4.69) is 9.80 Å². The molecule has 0 saturated carbocycles. The van der Waals surface area contributed by atoms with Gasteiger partial charge < -0.3 is 9.84 Å². The van der Waals surface area contributed by atoms with E-state index in [1.54, 1.807) is 13.0 Å². The Kier molecular flexibility index (Phi) is 6.91. The van der Waals surface area contributed by atoms with Crippen molar-refractivity contribution in [3.8, 4) is 0 Å². The maximum absolute atomic E-state index is 11.1. The van der Waals surface area contributed by atoms with E-state index in [-0.39, 0.29) is 17.2 Å². The van der Waals surface area contributed by atoms with Crippen LogP contribution in [0.1, 0.15) is 11.1 Å². The van der Waals surface area contributed by atoms with E-state index in [9.17, 15) is 15.2 Å². The molecule has 1 aromatic carbocycles. The third-order valence-electron chi connectivity index (χ3n) is 4.26. The van der Waals surface area contributed by atoms with E-state index in [1.807, 2.05) is 6.07 Å². The lowest BCUT2D eigenvalue weighted by atomic mass is 10.1. The first-order chi connectivity index (χ1) is 11.1. The van der Waals surface area contributed by atoms with Gasteiger partial charge in [0, 0.05) is 50.9 Å². The van der Waals surface area contributed by atoms with Gasteiger partial charge in [0.15, 0.2) is 0 Å². The third kappa shape index (κ3) is 5.24. The third-order valence-corrected chi connectivity index (χ3v) is 4.26. The first-order valence-electron chi connectivity index (χ1n) is 7.98. The highest BCUT2D eigenvalue weighted by Gasteiger charge is 2.16. The Morgan fingerprint density at radius 2 is 2.09 bits per heavy atom. The highest BCUT2D eigenvalue weighted by atomic mass is 16.6. The van der Waals surface area contributed by atoms with Crippen LogP contribution in [0.4, 0.5) is 5.69 Å². The van der Waals surface area contributed by atoms with E-state index in [0.717, 1.165) is 45.0 Å². The van der Waals surface area contributed by atoms with E-state index < -0.39 is 0 Å². The molecule has 1 N–H and O–H groups in total. The predicted molar refractivity (Wildman–Crippen MR) is 87.5 cm³/mol. The predicted octanol–water partition coefficient (Wildman–Crippen LogP) is 1.03. The van der Waals surface area contributed by atoms with Gasteiger partial charge in [-0.05, 0) is 12.5 Å². The number of morpholine rings is 1. The lowest BCUT2D eigenvalue weighted by Gasteiger charge is -2.30. The molecule has 0 aromatic heterocycles. The molecule has 1 aliphatic rings. The first kappa shape index (κ1) is 17.8. The van der Waals surface area contributed by atoms with Crippen LogP contribution in [0.3, 0.4) is 0 Å². The van der Waals surface area contributed by atoms with Crippen LogP contribution in [-0.2, 0) is 11.3 Å². The minimum atomic E-state index is -0.344. The number of nitrogens with zero attached hydrogens (tertiary/aromatic N) is 3. The van der Waals surface area contributed by atoms with Crippen molar-refractivity contribution in [3.05, 3.63) is 39.4 Å². The summed E-state index contributed by atoms with van der Waals surface area (Å²) in [7, 11) is 0. The van der Waals surface area contributed by atoms with Crippen LogP contribution in [0, 0.1) is 17.0 Å². The average Bonchev–Trinajstić information content (AvgIpc) is 2.55. The van der Waals surface area contributed by atoms with Crippen LogP contribution < -0.4 is 0 Å². The van der Waals surface area contributed by atoms with Gasteiger partial charge in [0.1, 0.15) is 0 Å². The number of benzene rings is 1. The zero-order valence-corrected chi connectivity index (χ0v) is 13.6. The number of aliphatic hydroxyl groups is 1. The second-order valence-electron chi connectivity index (χ2n) is 5.77. The zero-order valence-electron chi connectivity index (χ0n) is 13.6. The molecule has 128 valence electrons. The van der Waals surface area contributed by atoms with Crippen molar-refractivity contribution in [1.29, 1.82) is 0 Å². The van der Waals surface area contributed by atoms with E-state index in [1.165, 1.54) is 6.07 Å². The van der Waals surface area contributed by atoms with Gasteiger partial charge in [0.05, 0.1) is 24.7 Å². The molecule has 1 fully saturated rings. The largest absolute Gasteiger partial charge is 0.395 e. The quantitative estimate of drug-likeness (QED) is 0.569. The summed E-state index contributed by atoms with van der Waals surface area (Å²) in [5, 5.41) is 20.3. The fraction of sp³-hybridized carbons (Fsp3) is 0.625. The number of rotatable bonds is 8. The minimum absolute atomic E-state index is 0.0804. The molecule has 0 bridgehead atoms. The Labute approximate surface area is 136 Å². The zero-order chi connectivity index (χ0) is 16.7. The normalized spacial score (nSPS) is 16.0. The van der Waals surface area contributed by atoms with Crippen LogP contribution in [0.2, 0.25) is 0 Å². The SMILES string of the molecule is Cc1c(CN(CCO)CCN2CCOCC2)cccc1[N+](=O)[O-]. The van der Waals surface area contributed by atoms with Crippen molar-refractivity contribution in [2.45, 2.75) is 13.5 Å². The van der Waals surface area contributed by atoms with E-state index >= 15 is 0 Å². The number of nitro groups is 1. The Balaban J connectivity index is 1.98. The number of hydrogen-bond acceptors (Lipinski definition) is 6. The van der Waals surface area contributed by atoms with Crippen LogP contribution in [0.5, 0.6) is 0 Å². The maximum atomic E-state index is 11.1. The number of ether oxygens (including phenoxy) is 1. The summed E-state index contributed by atoms with van der Waals surface area (Å²) in [5.41, 5.74) is 1.79. The molecular formula is C16H25N3O4. The summed E-state index contributed by atoms with van der Waals surface area (Å²) in [6, 6.07) is 5.17. The lowest BCUT2D eigenvalue weighted by Crippen LogP contribution is -2.42. The number of aliphatic hydroxyl groups excluding tert-OH is 1. The molecule has 1 aliphatic heterocycles. The fourth-order valence-electron chi connectivity index (χ4n) is 2.80. The molecule has 0 aliphatic carbocycles. The van der Waals surface area contributed by atoms with Gasteiger partial charge in [-0.25, -0.2) is 0 Å². The molecule has 1 aromatic rings. The minimum Gasteiger partial charge on any atom is -0.395 e. The molecule has 0 amide bonds. The molecule has 0 spiro atoms. The van der Waals surface area contributed by atoms with Gasteiger partial charge in [0.25, 0.3) is 5.69 Å².